The molecular formula is C12H17N3O3S2. The lowest BCUT2D eigenvalue weighted by atomic mass is 10.1. The van der Waals surface area contributed by atoms with Gasteiger partial charge in [0.25, 0.3) is 0 Å². The van der Waals surface area contributed by atoms with Gasteiger partial charge in [-0.1, -0.05) is 24.4 Å². The van der Waals surface area contributed by atoms with Crippen LogP contribution in [0.25, 0.3) is 0 Å². The molecule has 1 unspecified atom stereocenters. The van der Waals surface area contributed by atoms with E-state index in [4.69, 9.17) is 23.7 Å². The van der Waals surface area contributed by atoms with Crippen molar-refractivity contribution in [3.8, 4) is 0 Å². The van der Waals surface area contributed by atoms with Gasteiger partial charge in [0.1, 0.15) is 4.99 Å². The van der Waals surface area contributed by atoms with Crippen LogP contribution in [0, 0.1) is 6.92 Å². The van der Waals surface area contributed by atoms with Gasteiger partial charge in [-0.25, -0.2) is 13.1 Å². The maximum Gasteiger partial charge on any atom is 0.241 e. The Balaban J connectivity index is 3.12. The second-order valence-corrected chi connectivity index (χ2v) is 6.66. The van der Waals surface area contributed by atoms with Crippen LogP contribution in [0.2, 0.25) is 0 Å². The molecule has 1 aromatic carbocycles. The molecule has 8 heteroatoms. The standard InChI is InChI=1S/C12H17N3O3S2/c1-7-3-4-9(12(14)19)6-10(7)20(17,18)15-8(2)5-11(13)16/h3-4,6,8,15H,5H2,1-2H3,(H2,13,16)(H2,14,19). The minimum absolute atomic E-state index is 0.0761. The first-order valence-corrected chi connectivity index (χ1v) is 7.73. The SMILES string of the molecule is Cc1ccc(C(N)=S)cc1S(=O)(=O)NC(C)CC(N)=O. The first-order chi connectivity index (χ1) is 9.13. The van der Waals surface area contributed by atoms with Gasteiger partial charge < -0.3 is 11.5 Å². The summed E-state index contributed by atoms with van der Waals surface area (Å²) >= 11 is 4.83. The van der Waals surface area contributed by atoms with Crippen molar-refractivity contribution >= 4 is 33.1 Å². The van der Waals surface area contributed by atoms with E-state index in [9.17, 15) is 13.2 Å². The fourth-order valence-electron chi connectivity index (χ4n) is 1.71. The number of carbonyl (C=O) groups is 1. The van der Waals surface area contributed by atoms with Crippen LogP contribution in [0.4, 0.5) is 0 Å². The third-order valence-electron chi connectivity index (χ3n) is 2.63. The van der Waals surface area contributed by atoms with Crippen LogP contribution in [-0.2, 0) is 14.8 Å². The Morgan fingerprint density at radius 1 is 1.40 bits per heavy atom. The van der Waals surface area contributed by atoms with Crippen LogP contribution < -0.4 is 16.2 Å². The molecule has 0 saturated carbocycles. The summed E-state index contributed by atoms with van der Waals surface area (Å²) < 4.78 is 26.9. The topological polar surface area (TPSA) is 115 Å². The van der Waals surface area contributed by atoms with Crippen molar-refractivity contribution in [2.75, 3.05) is 0 Å². The highest BCUT2D eigenvalue weighted by molar-refractivity contribution is 7.89. The predicted octanol–water partition coefficient (Wildman–Crippen LogP) is 0.171. The molecule has 1 atom stereocenters. The van der Waals surface area contributed by atoms with E-state index in [2.05, 4.69) is 4.72 Å². The van der Waals surface area contributed by atoms with Gasteiger partial charge in [-0.3, -0.25) is 4.79 Å². The number of thiocarbonyl (C=S) groups is 1. The van der Waals surface area contributed by atoms with Crippen molar-refractivity contribution in [3.05, 3.63) is 29.3 Å². The molecule has 0 aromatic heterocycles. The summed E-state index contributed by atoms with van der Waals surface area (Å²) in [6.07, 6.45) is -0.0761. The van der Waals surface area contributed by atoms with E-state index in [1.165, 1.54) is 6.07 Å². The zero-order valence-corrected chi connectivity index (χ0v) is 12.8. The predicted molar refractivity (Wildman–Crippen MR) is 80.7 cm³/mol. The molecule has 20 heavy (non-hydrogen) atoms. The summed E-state index contributed by atoms with van der Waals surface area (Å²) in [7, 11) is -3.76. The van der Waals surface area contributed by atoms with Crippen LogP contribution >= 0.6 is 12.2 Å². The molecule has 0 aliphatic rings. The fourth-order valence-corrected chi connectivity index (χ4v) is 3.36. The number of nitrogens with two attached hydrogens (primary N) is 2. The van der Waals surface area contributed by atoms with Gasteiger partial charge in [-0.05, 0) is 25.5 Å². The quantitative estimate of drug-likeness (QED) is 0.647. The average molecular weight is 315 g/mol. The Hall–Kier alpha value is -1.51. The van der Waals surface area contributed by atoms with E-state index in [-0.39, 0.29) is 16.3 Å². The number of carbonyl (C=O) groups excluding carboxylic acids is 1. The number of benzene rings is 1. The number of primary amides is 1. The molecule has 1 rings (SSSR count). The zero-order valence-electron chi connectivity index (χ0n) is 11.2. The summed E-state index contributed by atoms with van der Waals surface area (Å²) in [4.78, 5) is 11.0. The molecule has 0 heterocycles. The fraction of sp³-hybridized carbons (Fsp3) is 0.333. The molecule has 6 nitrogen and oxygen atoms in total. The van der Waals surface area contributed by atoms with Gasteiger partial charge in [0, 0.05) is 18.0 Å². The third-order valence-corrected chi connectivity index (χ3v) is 4.59. The Kier molecular flexibility index (Phi) is 5.21. The van der Waals surface area contributed by atoms with E-state index in [1.54, 1.807) is 26.0 Å². The van der Waals surface area contributed by atoms with Crippen molar-refractivity contribution < 1.29 is 13.2 Å². The van der Waals surface area contributed by atoms with Crippen molar-refractivity contribution in [2.24, 2.45) is 11.5 Å². The van der Waals surface area contributed by atoms with E-state index in [0.29, 0.717) is 11.1 Å². The molecular weight excluding hydrogens is 298 g/mol. The van der Waals surface area contributed by atoms with Gasteiger partial charge >= 0.3 is 0 Å². The minimum Gasteiger partial charge on any atom is -0.389 e. The van der Waals surface area contributed by atoms with E-state index >= 15 is 0 Å². The molecule has 0 saturated heterocycles. The lowest BCUT2D eigenvalue weighted by molar-refractivity contribution is -0.118. The summed E-state index contributed by atoms with van der Waals surface area (Å²) in [5.41, 5.74) is 11.6. The van der Waals surface area contributed by atoms with Crippen LogP contribution in [0.3, 0.4) is 0 Å². The molecule has 0 fully saturated rings. The lowest BCUT2D eigenvalue weighted by Crippen LogP contribution is -2.36. The number of nitrogens with one attached hydrogen (secondary N) is 1. The summed E-state index contributed by atoms with van der Waals surface area (Å²) in [5.74, 6) is -0.575. The molecule has 1 aromatic rings. The van der Waals surface area contributed by atoms with Gasteiger partial charge in [-0.15, -0.1) is 0 Å². The van der Waals surface area contributed by atoms with E-state index in [1.807, 2.05) is 0 Å². The van der Waals surface area contributed by atoms with Crippen molar-refractivity contribution in [1.82, 2.24) is 4.72 Å². The molecule has 1 amide bonds. The highest BCUT2D eigenvalue weighted by atomic mass is 32.2. The Morgan fingerprint density at radius 3 is 2.50 bits per heavy atom. The van der Waals surface area contributed by atoms with Crippen molar-refractivity contribution in [2.45, 2.75) is 31.2 Å². The maximum atomic E-state index is 12.3. The summed E-state index contributed by atoms with van der Waals surface area (Å²) in [6, 6.07) is 4.10. The van der Waals surface area contributed by atoms with Crippen LogP contribution in [0.15, 0.2) is 23.1 Å². The van der Waals surface area contributed by atoms with E-state index in [0.717, 1.165) is 0 Å². The first kappa shape index (κ1) is 16.5. The molecule has 0 aliphatic heterocycles. The van der Waals surface area contributed by atoms with Gasteiger partial charge in [0.05, 0.1) is 4.90 Å². The summed E-state index contributed by atoms with van der Waals surface area (Å²) in [5, 5.41) is 0. The molecule has 0 bridgehead atoms. The molecule has 5 N–H and O–H groups in total. The van der Waals surface area contributed by atoms with Gasteiger partial charge in [-0.2, -0.15) is 0 Å². The van der Waals surface area contributed by atoms with E-state index < -0.39 is 22.0 Å². The number of sulfonamides is 1. The number of hydrogen-bond acceptors (Lipinski definition) is 4. The van der Waals surface area contributed by atoms with Crippen LogP contribution in [0.1, 0.15) is 24.5 Å². The number of amides is 1. The molecule has 0 radical (unpaired) electrons. The van der Waals surface area contributed by atoms with Crippen LogP contribution in [-0.4, -0.2) is 25.4 Å². The number of aryl methyl sites for hydroxylation is 1. The Morgan fingerprint density at radius 2 is 2.00 bits per heavy atom. The monoisotopic (exact) mass is 315 g/mol. The Labute approximate surface area is 123 Å². The normalized spacial score (nSPS) is 12.9. The average Bonchev–Trinajstić information content (AvgIpc) is 2.26. The highest BCUT2D eigenvalue weighted by Gasteiger charge is 2.21. The first-order valence-electron chi connectivity index (χ1n) is 5.84. The van der Waals surface area contributed by atoms with Crippen LogP contribution in [0.5, 0.6) is 0 Å². The van der Waals surface area contributed by atoms with Gasteiger partial charge in [0.15, 0.2) is 0 Å². The van der Waals surface area contributed by atoms with Crippen molar-refractivity contribution in [3.63, 3.8) is 0 Å². The van der Waals surface area contributed by atoms with Gasteiger partial charge in [0.2, 0.25) is 15.9 Å². The number of rotatable bonds is 6. The van der Waals surface area contributed by atoms with Crippen molar-refractivity contribution in [1.29, 1.82) is 0 Å². The molecule has 110 valence electrons. The largest absolute Gasteiger partial charge is 0.389 e. The second kappa shape index (κ2) is 6.29. The smallest absolute Gasteiger partial charge is 0.241 e. The third kappa shape index (κ3) is 4.26. The molecule has 0 aliphatic carbocycles. The maximum absolute atomic E-state index is 12.3. The molecule has 0 spiro atoms. The minimum atomic E-state index is -3.76. The number of hydrogen-bond donors (Lipinski definition) is 3. The summed E-state index contributed by atoms with van der Waals surface area (Å²) in [6.45, 7) is 3.23. The second-order valence-electron chi connectivity index (χ2n) is 4.54. The Bertz CT molecular complexity index is 641. The highest BCUT2D eigenvalue weighted by Crippen LogP contribution is 2.17. The lowest BCUT2D eigenvalue weighted by Gasteiger charge is -2.15. The zero-order chi connectivity index (χ0) is 15.5.